The van der Waals surface area contributed by atoms with Crippen LogP contribution in [0, 0.1) is 5.82 Å². The predicted octanol–water partition coefficient (Wildman–Crippen LogP) is 5.76. The molecule has 29 heavy (non-hydrogen) atoms. The Morgan fingerprint density at radius 2 is 1.52 bits per heavy atom. The summed E-state index contributed by atoms with van der Waals surface area (Å²) < 4.78 is 18.8. The van der Waals surface area contributed by atoms with E-state index >= 15 is 0 Å². The quantitative estimate of drug-likeness (QED) is 0.423. The zero-order valence-corrected chi connectivity index (χ0v) is 15.5. The number of anilines is 3. The van der Waals surface area contributed by atoms with Crippen LogP contribution in [0.2, 0.25) is 0 Å². The Hall–Kier alpha value is -3.93. The molecule has 0 aliphatic rings. The van der Waals surface area contributed by atoms with E-state index in [-0.39, 0.29) is 5.82 Å². The number of hydrogen-bond donors (Lipinski definition) is 2. The fraction of sp³-hybridized carbons (Fsp3) is 0.0435. The van der Waals surface area contributed by atoms with Crippen LogP contribution in [0.25, 0.3) is 0 Å². The molecule has 6 heteroatoms. The van der Waals surface area contributed by atoms with Crippen molar-refractivity contribution in [2.45, 2.75) is 6.54 Å². The normalized spacial score (nSPS) is 10.4. The molecule has 3 aromatic carbocycles. The van der Waals surface area contributed by atoms with E-state index in [1.54, 1.807) is 24.4 Å². The van der Waals surface area contributed by atoms with E-state index in [4.69, 9.17) is 4.74 Å². The highest BCUT2D eigenvalue weighted by Gasteiger charge is 2.02. The Labute approximate surface area is 168 Å². The first-order chi connectivity index (χ1) is 14.2. The number of para-hydroxylation sites is 1. The molecule has 1 heterocycles. The number of aromatic nitrogens is 2. The van der Waals surface area contributed by atoms with Crippen LogP contribution in [-0.2, 0) is 6.54 Å². The Kier molecular flexibility index (Phi) is 5.62. The van der Waals surface area contributed by atoms with Gasteiger partial charge in [0.15, 0.2) is 0 Å². The maximum Gasteiger partial charge on any atom is 0.229 e. The molecule has 0 bridgehead atoms. The van der Waals surface area contributed by atoms with Crippen LogP contribution in [0.1, 0.15) is 5.56 Å². The molecular weight excluding hydrogens is 367 g/mol. The molecule has 0 aliphatic carbocycles. The monoisotopic (exact) mass is 386 g/mol. The van der Waals surface area contributed by atoms with Crippen LogP contribution in [-0.4, -0.2) is 9.97 Å². The van der Waals surface area contributed by atoms with Crippen LogP contribution < -0.4 is 15.4 Å². The molecule has 2 N–H and O–H groups in total. The smallest absolute Gasteiger partial charge is 0.229 e. The minimum Gasteiger partial charge on any atom is -0.457 e. The molecular formula is C23H19FN4O. The van der Waals surface area contributed by atoms with Gasteiger partial charge in [-0.15, -0.1) is 0 Å². The lowest BCUT2D eigenvalue weighted by Crippen LogP contribution is -2.04. The fourth-order valence-electron chi connectivity index (χ4n) is 2.67. The first kappa shape index (κ1) is 18.4. The van der Waals surface area contributed by atoms with Crippen LogP contribution in [0.3, 0.4) is 0 Å². The minimum atomic E-state index is -0.248. The lowest BCUT2D eigenvalue weighted by Gasteiger charge is -2.10. The molecule has 0 aliphatic heterocycles. The van der Waals surface area contributed by atoms with Gasteiger partial charge in [-0.2, -0.15) is 4.98 Å². The number of rotatable bonds is 7. The standard InChI is InChI=1S/C23H19FN4O/c24-18-8-6-17(7-9-18)16-26-22-14-15-25-23(28-22)27-19-10-12-21(13-11-19)29-20-4-2-1-3-5-20/h1-15H,16H2,(H2,25,26,27,28). The van der Waals surface area contributed by atoms with Crippen LogP contribution >= 0.6 is 0 Å². The molecule has 144 valence electrons. The highest BCUT2D eigenvalue weighted by molar-refractivity contribution is 5.56. The zero-order valence-electron chi connectivity index (χ0n) is 15.5. The molecule has 0 atom stereocenters. The molecule has 0 radical (unpaired) electrons. The van der Waals surface area contributed by atoms with Crippen molar-refractivity contribution in [2.75, 3.05) is 10.6 Å². The van der Waals surface area contributed by atoms with Crippen molar-refractivity contribution >= 4 is 17.5 Å². The Morgan fingerprint density at radius 1 is 0.793 bits per heavy atom. The van der Waals surface area contributed by atoms with E-state index < -0.39 is 0 Å². The highest BCUT2D eigenvalue weighted by Crippen LogP contribution is 2.23. The molecule has 4 rings (SSSR count). The number of benzene rings is 3. The Bertz CT molecular complexity index is 1050. The Balaban J connectivity index is 1.36. The lowest BCUT2D eigenvalue weighted by molar-refractivity contribution is 0.483. The summed E-state index contributed by atoms with van der Waals surface area (Å²) in [4.78, 5) is 8.70. The number of ether oxygens (including phenoxy) is 1. The minimum absolute atomic E-state index is 0.248. The van der Waals surface area contributed by atoms with Crippen molar-refractivity contribution in [2.24, 2.45) is 0 Å². The van der Waals surface area contributed by atoms with Crippen LogP contribution in [0.15, 0.2) is 91.1 Å². The van der Waals surface area contributed by atoms with E-state index in [2.05, 4.69) is 20.6 Å². The van der Waals surface area contributed by atoms with Crippen LogP contribution in [0.4, 0.5) is 21.8 Å². The van der Waals surface area contributed by atoms with E-state index in [1.165, 1.54) is 12.1 Å². The molecule has 0 spiro atoms. The summed E-state index contributed by atoms with van der Waals surface area (Å²) in [5.74, 6) is 2.44. The average molecular weight is 386 g/mol. The first-order valence-corrected chi connectivity index (χ1v) is 9.16. The second-order valence-corrected chi connectivity index (χ2v) is 6.31. The number of nitrogens with one attached hydrogen (secondary N) is 2. The summed E-state index contributed by atoms with van der Waals surface area (Å²) in [6.45, 7) is 0.544. The van der Waals surface area contributed by atoms with E-state index in [0.717, 1.165) is 22.7 Å². The molecule has 0 amide bonds. The van der Waals surface area contributed by atoms with Gasteiger partial charge in [0.05, 0.1) is 0 Å². The lowest BCUT2D eigenvalue weighted by atomic mass is 10.2. The van der Waals surface area contributed by atoms with Crippen molar-refractivity contribution in [1.82, 2.24) is 9.97 Å². The van der Waals surface area contributed by atoms with Crippen LogP contribution in [0.5, 0.6) is 11.5 Å². The van der Waals surface area contributed by atoms with Crippen molar-refractivity contribution in [3.8, 4) is 11.5 Å². The van der Waals surface area contributed by atoms with Gasteiger partial charge in [0.1, 0.15) is 23.1 Å². The van der Waals surface area contributed by atoms with Gasteiger partial charge in [-0.1, -0.05) is 30.3 Å². The first-order valence-electron chi connectivity index (χ1n) is 9.16. The fourth-order valence-corrected chi connectivity index (χ4v) is 2.67. The number of hydrogen-bond acceptors (Lipinski definition) is 5. The third kappa shape index (κ3) is 5.29. The van der Waals surface area contributed by atoms with Gasteiger partial charge < -0.3 is 15.4 Å². The van der Waals surface area contributed by atoms with Crippen molar-refractivity contribution < 1.29 is 9.13 Å². The van der Waals surface area contributed by atoms with E-state index in [9.17, 15) is 4.39 Å². The SMILES string of the molecule is Fc1ccc(CNc2ccnc(Nc3ccc(Oc4ccccc4)cc3)n2)cc1. The summed E-state index contributed by atoms with van der Waals surface area (Å²) in [7, 11) is 0. The molecule has 1 aromatic heterocycles. The third-order valence-corrected chi connectivity index (χ3v) is 4.13. The number of nitrogens with zero attached hydrogens (tertiary/aromatic N) is 2. The summed E-state index contributed by atoms with van der Waals surface area (Å²) >= 11 is 0. The van der Waals surface area contributed by atoms with Gasteiger partial charge in [-0.25, -0.2) is 9.37 Å². The van der Waals surface area contributed by atoms with Gasteiger partial charge >= 0.3 is 0 Å². The summed E-state index contributed by atoms with van der Waals surface area (Å²) in [5, 5.41) is 6.38. The second kappa shape index (κ2) is 8.84. The molecule has 4 aromatic rings. The second-order valence-electron chi connectivity index (χ2n) is 6.31. The highest BCUT2D eigenvalue weighted by atomic mass is 19.1. The molecule has 0 saturated carbocycles. The van der Waals surface area contributed by atoms with Gasteiger partial charge in [0, 0.05) is 18.4 Å². The maximum absolute atomic E-state index is 13.0. The van der Waals surface area contributed by atoms with E-state index in [1.807, 2.05) is 54.6 Å². The summed E-state index contributed by atoms with van der Waals surface area (Å²) in [6, 6.07) is 25.3. The van der Waals surface area contributed by atoms with Gasteiger partial charge in [0.25, 0.3) is 0 Å². The summed E-state index contributed by atoms with van der Waals surface area (Å²) in [5.41, 5.74) is 1.81. The molecule has 0 saturated heterocycles. The molecule has 0 fully saturated rings. The van der Waals surface area contributed by atoms with Crippen molar-refractivity contribution in [1.29, 1.82) is 0 Å². The van der Waals surface area contributed by atoms with Gasteiger partial charge in [0.2, 0.25) is 5.95 Å². The topological polar surface area (TPSA) is 59.1 Å². The molecule has 0 unspecified atom stereocenters. The van der Waals surface area contributed by atoms with E-state index in [0.29, 0.717) is 18.3 Å². The van der Waals surface area contributed by atoms with Crippen molar-refractivity contribution in [3.05, 3.63) is 103 Å². The predicted molar refractivity (Wildman–Crippen MR) is 112 cm³/mol. The zero-order chi connectivity index (χ0) is 19.9. The molecule has 5 nitrogen and oxygen atoms in total. The van der Waals surface area contributed by atoms with Gasteiger partial charge in [-0.05, 0) is 60.2 Å². The largest absolute Gasteiger partial charge is 0.457 e. The Morgan fingerprint density at radius 3 is 2.28 bits per heavy atom. The van der Waals surface area contributed by atoms with Crippen molar-refractivity contribution in [3.63, 3.8) is 0 Å². The third-order valence-electron chi connectivity index (χ3n) is 4.13. The number of halogens is 1. The average Bonchev–Trinajstić information content (AvgIpc) is 2.76. The maximum atomic E-state index is 13.0. The summed E-state index contributed by atoms with van der Waals surface area (Å²) in [6.07, 6.45) is 1.68. The van der Waals surface area contributed by atoms with Gasteiger partial charge in [-0.3, -0.25) is 0 Å².